The van der Waals surface area contributed by atoms with Gasteiger partial charge < -0.3 is 15.5 Å². The Balaban J connectivity index is 2.46. The Hall–Kier alpha value is -0.610. The zero-order chi connectivity index (χ0) is 12.1. The summed E-state index contributed by atoms with van der Waals surface area (Å²) in [6.45, 7) is 6.94. The van der Waals surface area contributed by atoms with Crippen LogP contribution in [-0.4, -0.2) is 54.5 Å². The fraction of sp³-hybridized carbons (Fsp3) is 0.917. The van der Waals surface area contributed by atoms with Crippen LogP contribution in [0.5, 0.6) is 0 Å². The number of amides is 1. The van der Waals surface area contributed by atoms with Crippen molar-refractivity contribution in [1.82, 2.24) is 9.80 Å². The largest absolute Gasteiger partial charge is 0.336 e. The van der Waals surface area contributed by atoms with Crippen LogP contribution in [0.2, 0.25) is 0 Å². The molecule has 0 saturated carbocycles. The van der Waals surface area contributed by atoms with E-state index in [1.165, 1.54) is 0 Å². The summed E-state index contributed by atoms with van der Waals surface area (Å²) in [5.41, 5.74) is 5.93. The average Bonchev–Trinajstić information content (AvgIpc) is 2.25. The number of hydrogen-bond acceptors (Lipinski definition) is 3. The van der Waals surface area contributed by atoms with Gasteiger partial charge in [-0.15, -0.1) is 0 Å². The van der Waals surface area contributed by atoms with Gasteiger partial charge in [0.25, 0.3) is 0 Å². The van der Waals surface area contributed by atoms with Gasteiger partial charge in [0.15, 0.2) is 0 Å². The van der Waals surface area contributed by atoms with Crippen molar-refractivity contribution in [2.24, 2.45) is 5.73 Å². The molecule has 0 radical (unpaired) electrons. The van der Waals surface area contributed by atoms with E-state index in [1.807, 2.05) is 4.90 Å². The molecule has 2 N–H and O–H groups in total. The van der Waals surface area contributed by atoms with Crippen LogP contribution in [0.25, 0.3) is 0 Å². The lowest BCUT2D eigenvalue weighted by atomic mass is 10.1. The summed E-state index contributed by atoms with van der Waals surface area (Å²) < 4.78 is 0. The van der Waals surface area contributed by atoms with Crippen molar-refractivity contribution in [3.8, 4) is 0 Å². The van der Waals surface area contributed by atoms with Gasteiger partial charge in [0.05, 0.1) is 6.04 Å². The lowest BCUT2D eigenvalue weighted by molar-refractivity contribution is -0.137. The molecule has 4 heteroatoms. The highest BCUT2D eigenvalue weighted by molar-refractivity contribution is 5.82. The molecule has 0 bridgehead atoms. The minimum absolute atomic E-state index is 0.133. The number of nitrogens with zero attached hydrogens (tertiary/aromatic N) is 2. The molecule has 0 aromatic heterocycles. The zero-order valence-corrected chi connectivity index (χ0v) is 10.8. The molecule has 0 aromatic rings. The predicted octanol–water partition coefficient (Wildman–Crippen LogP) is 0.666. The van der Waals surface area contributed by atoms with Gasteiger partial charge in [-0.1, -0.05) is 19.8 Å². The van der Waals surface area contributed by atoms with E-state index < -0.39 is 0 Å². The first kappa shape index (κ1) is 13.5. The molecule has 1 aliphatic heterocycles. The summed E-state index contributed by atoms with van der Waals surface area (Å²) in [5, 5.41) is 0. The van der Waals surface area contributed by atoms with Crippen molar-refractivity contribution in [2.45, 2.75) is 45.2 Å². The molecule has 2 atom stereocenters. The summed E-state index contributed by atoms with van der Waals surface area (Å²) in [6, 6.07) is -0.00951. The Bertz CT molecular complexity index is 232. The maximum absolute atomic E-state index is 12.1. The van der Waals surface area contributed by atoms with Gasteiger partial charge in [0, 0.05) is 25.7 Å². The fourth-order valence-electron chi connectivity index (χ4n) is 2.23. The molecule has 1 rings (SSSR count). The number of carbonyl (C=O) groups excluding carboxylic acids is 1. The quantitative estimate of drug-likeness (QED) is 0.768. The smallest absolute Gasteiger partial charge is 0.239 e. The Morgan fingerprint density at radius 2 is 2.19 bits per heavy atom. The minimum atomic E-state index is -0.300. The van der Waals surface area contributed by atoms with E-state index in [4.69, 9.17) is 5.73 Å². The maximum Gasteiger partial charge on any atom is 0.239 e. The second kappa shape index (κ2) is 6.21. The number of carbonyl (C=O) groups is 1. The average molecular weight is 227 g/mol. The Morgan fingerprint density at radius 3 is 2.75 bits per heavy atom. The van der Waals surface area contributed by atoms with Crippen molar-refractivity contribution >= 4 is 5.91 Å². The molecule has 1 amide bonds. The van der Waals surface area contributed by atoms with Crippen LogP contribution in [0.15, 0.2) is 0 Å². The van der Waals surface area contributed by atoms with Crippen LogP contribution in [0.4, 0.5) is 0 Å². The molecular weight excluding hydrogens is 202 g/mol. The molecule has 0 spiro atoms. The molecule has 0 aromatic carbocycles. The second-order valence-electron chi connectivity index (χ2n) is 4.89. The monoisotopic (exact) mass is 227 g/mol. The maximum atomic E-state index is 12.1. The van der Waals surface area contributed by atoms with Gasteiger partial charge in [-0.2, -0.15) is 0 Å². The van der Waals surface area contributed by atoms with Gasteiger partial charge in [-0.05, 0) is 20.4 Å². The van der Waals surface area contributed by atoms with E-state index in [-0.39, 0.29) is 11.9 Å². The summed E-state index contributed by atoms with van der Waals surface area (Å²) in [7, 11) is 2.09. The van der Waals surface area contributed by atoms with E-state index in [9.17, 15) is 4.79 Å². The van der Waals surface area contributed by atoms with Gasteiger partial charge in [0.1, 0.15) is 0 Å². The summed E-state index contributed by atoms with van der Waals surface area (Å²) in [5.74, 6) is 0.133. The number of rotatable bonds is 4. The van der Waals surface area contributed by atoms with Gasteiger partial charge in [0.2, 0.25) is 5.91 Å². The highest BCUT2D eigenvalue weighted by atomic mass is 16.2. The number of nitrogens with two attached hydrogens (primary N) is 1. The molecule has 4 nitrogen and oxygen atoms in total. The van der Waals surface area contributed by atoms with Crippen LogP contribution < -0.4 is 5.73 Å². The van der Waals surface area contributed by atoms with E-state index in [0.29, 0.717) is 6.04 Å². The molecule has 2 unspecified atom stereocenters. The van der Waals surface area contributed by atoms with Crippen LogP contribution in [0.1, 0.15) is 33.1 Å². The molecule has 1 fully saturated rings. The number of piperazine rings is 1. The number of hydrogen-bond donors (Lipinski definition) is 1. The summed E-state index contributed by atoms with van der Waals surface area (Å²) in [6.07, 6.45) is 2.95. The number of unbranched alkanes of at least 4 members (excludes halogenated alkanes) is 1. The van der Waals surface area contributed by atoms with Crippen molar-refractivity contribution in [2.75, 3.05) is 26.7 Å². The second-order valence-corrected chi connectivity index (χ2v) is 4.89. The lowest BCUT2D eigenvalue weighted by Crippen LogP contribution is -2.56. The molecule has 1 aliphatic rings. The third-order valence-electron chi connectivity index (χ3n) is 3.30. The van der Waals surface area contributed by atoms with Crippen molar-refractivity contribution in [3.63, 3.8) is 0 Å². The van der Waals surface area contributed by atoms with E-state index >= 15 is 0 Å². The Morgan fingerprint density at radius 1 is 1.50 bits per heavy atom. The Labute approximate surface area is 98.8 Å². The van der Waals surface area contributed by atoms with Gasteiger partial charge in [-0.3, -0.25) is 4.79 Å². The predicted molar refractivity (Wildman–Crippen MR) is 66.2 cm³/mol. The third kappa shape index (κ3) is 3.46. The van der Waals surface area contributed by atoms with Gasteiger partial charge >= 0.3 is 0 Å². The zero-order valence-electron chi connectivity index (χ0n) is 10.8. The van der Waals surface area contributed by atoms with E-state index in [0.717, 1.165) is 38.9 Å². The van der Waals surface area contributed by atoms with Crippen LogP contribution in [0, 0.1) is 0 Å². The van der Waals surface area contributed by atoms with Crippen molar-refractivity contribution in [3.05, 3.63) is 0 Å². The standard InChI is InChI=1S/C12H25N3O/c1-4-5-6-11(13)12(16)15-8-7-14(3)9-10(15)2/h10-11H,4-9,13H2,1-3H3. The van der Waals surface area contributed by atoms with E-state index in [1.54, 1.807) is 0 Å². The third-order valence-corrected chi connectivity index (χ3v) is 3.30. The Kier molecular flexibility index (Phi) is 5.22. The molecule has 16 heavy (non-hydrogen) atoms. The minimum Gasteiger partial charge on any atom is -0.336 e. The lowest BCUT2D eigenvalue weighted by Gasteiger charge is -2.39. The first-order valence-corrected chi connectivity index (χ1v) is 6.30. The molecular formula is C12H25N3O. The van der Waals surface area contributed by atoms with E-state index in [2.05, 4.69) is 25.8 Å². The molecule has 94 valence electrons. The summed E-state index contributed by atoms with van der Waals surface area (Å²) >= 11 is 0. The highest BCUT2D eigenvalue weighted by Gasteiger charge is 2.28. The molecule has 1 heterocycles. The molecule has 0 aliphatic carbocycles. The van der Waals surface area contributed by atoms with Gasteiger partial charge in [-0.25, -0.2) is 0 Å². The number of likely N-dealkylation sites (N-methyl/N-ethyl adjacent to an activating group) is 1. The van der Waals surface area contributed by atoms with Crippen molar-refractivity contribution in [1.29, 1.82) is 0 Å². The van der Waals surface area contributed by atoms with Crippen LogP contribution in [-0.2, 0) is 4.79 Å². The highest BCUT2D eigenvalue weighted by Crippen LogP contribution is 2.11. The summed E-state index contributed by atoms with van der Waals surface area (Å²) in [4.78, 5) is 16.3. The molecule has 1 saturated heterocycles. The fourth-order valence-corrected chi connectivity index (χ4v) is 2.23. The SMILES string of the molecule is CCCCC(N)C(=O)N1CCN(C)CC1C. The normalized spacial score (nSPS) is 24.5. The van der Waals surface area contributed by atoms with Crippen LogP contribution in [0.3, 0.4) is 0 Å². The topological polar surface area (TPSA) is 49.6 Å². The first-order valence-electron chi connectivity index (χ1n) is 6.30. The first-order chi connectivity index (χ1) is 7.56. The van der Waals surface area contributed by atoms with Crippen LogP contribution >= 0.6 is 0 Å². The van der Waals surface area contributed by atoms with Crippen molar-refractivity contribution < 1.29 is 4.79 Å².